The molecule has 22 heavy (non-hydrogen) atoms. The minimum atomic E-state index is -0.697. The van der Waals surface area contributed by atoms with Crippen LogP contribution in [-0.2, 0) is 16.1 Å². The summed E-state index contributed by atoms with van der Waals surface area (Å²) in [5.41, 5.74) is 1.80. The lowest BCUT2D eigenvalue weighted by Crippen LogP contribution is -2.48. The molecule has 0 N–H and O–H groups in total. The number of amides is 1. The zero-order valence-corrected chi connectivity index (χ0v) is 13.1. The predicted molar refractivity (Wildman–Crippen MR) is 84.2 cm³/mol. The van der Waals surface area contributed by atoms with Gasteiger partial charge >= 0.3 is 0 Å². The Labute approximate surface area is 130 Å². The monoisotopic (exact) mass is 299 g/mol. The molecule has 1 aromatic carbocycles. The molecule has 0 unspecified atom stereocenters. The second-order valence-corrected chi connectivity index (χ2v) is 6.05. The Morgan fingerprint density at radius 3 is 2.82 bits per heavy atom. The van der Waals surface area contributed by atoms with Gasteiger partial charge in [-0.2, -0.15) is 0 Å². The van der Waals surface area contributed by atoms with Gasteiger partial charge < -0.3 is 9.64 Å². The SMILES string of the molecule is CN(Cc1cnc2ccccc2n1)C(=O)[C@]1(C)CCCCO1. The zero-order valence-electron chi connectivity index (χ0n) is 13.1. The molecule has 1 aliphatic heterocycles. The maximum absolute atomic E-state index is 12.6. The van der Waals surface area contributed by atoms with Crippen molar-refractivity contribution >= 4 is 16.9 Å². The number of benzene rings is 1. The van der Waals surface area contributed by atoms with Crippen molar-refractivity contribution in [2.75, 3.05) is 13.7 Å². The minimum absolute atomic E-state index is 0.0159. The molecule has 1 fully saturated rings. The van der Waals surface area contributed by atoms with Crippen LogP contribution < -0.4 is 0 Å². The molecule has 0 radical (unpaired) electrons. The topological polar surface area (TPSA) is 55.3 Å². The molecule has 0 bridgehead atoms. The van der Waals surface area contributed by atoms with E-state index in [0.29, 0.717) is 13.2 Å². The van der Waals surface area contributed by atoms with E-state index in [1.807, 2.05) is 31.2 Å². The van der Waals surface area contributed by atoms with Crippen LogP contribution in [0.4, 0.5) is 0 Å². The van der Waals surface area contributed by atoms with Gasteiger partial charge in [-0.3, -0.25) is 9.78 Å². The highest BCUT2D eigenvalue weighted by Gasteiger charge is 2.38. The molecule has 2 heterocycles. The number of rotatable bonds is 3. The molecule has 0 aliphatic carbocycles. The van der Waals surface area contributed by atoms with Crippen LogP contribution in [0.5, 0.6) is 0 Å². The van der Waals surface area contributed by atoms with Gasteiger partial charge in [0, 0.05) is 13.7 Å². The Hall–Kier alpha value is -2.01. The summed E-state index contributed by atoms with van der Waals surface area (Å²) < 4.78 is 5.73. The third-order valence-electron chi connectivity index (χ3n) is 4.17. The molecule has 5 nitrogen and oxygen atoms in total. The molecule has 3 rings (SSSR count). The van der Waals surface area contributed by atoms with Crippen molar-refractivity contribution in [3.05, 3.63) is 36.2 Å². The van der Waals surface area contributed by atoms with Crippen LogP contribution in [0.1, 0.15) is 31.9 Å². The third kappa shape index (κ3) is 2.95. The fraction of sp³-hybridized carbons (Fsp3) is 0.471. The molecular weight excluding hydrogens is 278 g/mol. The Morgan fingerprint density at radius 1 is 1.32 bits per heavy atom. The van der Waals surface area contributed by atoms with Crippen LogP contribution in [0.15, 0.2) is 30.5 Å². The number of para-hydroxylation sites is 2. The van der Waals surface area contributed by atoms with Gasteiger partial charge in [-0.1, -0.05) is 12.1 Å². The third-order valence-corrected chi connectivity index (χ3v) is 4.17. The molecule has 1 amide bonds. The summed E-state index contributed by atoms with van der Waals surface area (Å²) in [4.78, 5) is 23.3. The van der Waals surface area contributed by atoms with Crippen molar-refractivity contribution in [3.8, 4) is 0 Å². The first kappa shape index (κ1) is 14.9. The summed E-state index contributed by atoms with van der Waals surface area (Å²) in [5.74, 6) is 0.0159. The number of fused-ring (bicyclic) bond motifs is 1. The molecule has 5 heteroatoms. The van der Waals surface area contributed by atoms with Crippen LogP contribution in [0.2, 0.25) is 0 Å². The van der Waals surface area contributed by atoms with Crippen molar-refractivity contribution < 1.29 is 9.53 Å². The first-order valence-electron chi connectivity index (χ1n) is 7.69. The zero-order chi connectivity index (χ0) is 15.6. The standard InChI is InChI=1S/C17H21N3O2/c1-17(9-5-6-10-22-17)16(21)20(2)12-13-11-18-14-7-3-4-8-15(14)19-13/h3-4,7-8,11H,5-6,9-10,12H2,1-2H3/t17-/m0/s1. The van der Waals surface area contributed by atoms with E-state index < -0.39 is 5.60 Å². The first-order valence-corrected chi connectivity index (χ1v) is 7.69. The lowest BCUT2D eigenvalue weighted by Gasteiger charge is -2.35. The Bertz CT molecular complexity index is 680. The number of carbonyl (C=O) groups is 1. The molecule has 0 spiro atoms. The Morgan fingerprint density at radius 2 is 2.09 bits per heavy atom. The number of carbonyl (C=O) groups excluding carboxylic acids is 1. The second kappa shape index (κ2) is 6.01. The van der Waals surface area contributed by atoms with E-state index in [4.69, 9.17) is 4.74 Å². The average molecular weight is 299 g/mol. The molecule has 0 saturated carbocycles. The summed E-state index contributed by atoms with van der Waals surface area (Å²) in [6.45, 7) is 2.98. The molecule has 1 aliphatic rings. The van der Waals surface area contributed by atoms with E-state index in [2.05, 4.69) is 9.97 Å². The van der Waals surface area contributed by atoms with Crippen molar-refractivity contribution in [1.29, 1.82) is 0 Å². The van der Waals surface area contributed by atoms with Gasteiger partial charge in [0.1, 0.15) is 5.60 Å². The minimum Gasteiger partial charge on any atom is -0.365 e. The number of hydrogen-bond acceptors (Lipinski definition) is 4. The Kier molecular flexibility index (Phi) is 4.07. The van der Waals surface area contributed by atoms with E-state index in [1.165, 1.54) is 0 Å². The van der Waals surface area contributed by atoms with Gasteiger partial charge in [-0.15, -0.1) is 0 Å². The summed E-state index contributed by atoms with van der Waals surface area (Å²) >= 11 is 0. The van der Waals surface area contributed by atoms with Crippen LogP contribution in [0.25, 0.3) is 11.0 Å². The van der Waals surface area contributed by atoms with Gasteiger partial charge in [-0.05, 0) is 38.3 Å². The quantitative estimate of drug-likeness (QED) is 0.874. The maximum Gasteiger partial charge on any atom is 0.254 e. The normalized spacial score (nSPS) is 21.7. The number of ether oxygens (including phenoxy) is 1. The highest BCUT2D eigenvalue weighted by atomic mass is 16.5. The fourth-order valence-corrected chi connectivity index (χ4v) is 2.89. The number of nitrogens with zero attached hydrogens (tertiary/aromatic N) is 3. The van der Waals surface area contributed by atoms with Gasteiger partial charge in [0.05, 0.1) is 29.5 Å². The predicted octanol–water partition coefficient (Wildman–Crippen LogP) is 2.55. The first-order chi connectivity index (χ1) is 10.6. The van der Waals surface area contributed by atoms with Gasteiger partial charge in [0.15, 0.2) is 0 Å². The largest absolute Gasteiger partial charge is 0.365 e. The molecule has 1 saturated heterocycles. The van der Waals surface area contributed by atoms with Gasteiger partial charge in [0.25, 0.3) is 5.91 Å². The highest BCUT2D eigenvalue weighted by molar-refractivity contribution is 5.84. The van der Waals surface area contributed by atoms with E-state index in [9.17, 15) is 4.79 Å². The van der Waals surface area contributed by atoms with Crippen molar-refractivity contribution in [3.63, 3.8) is 0 Å². The molecule has 1 atom stereocenters. The smallest absolute Gasteiger partial charge is 0.254 e. The van der Waals surface area contributed by atoms with Crippen LogP contribution in [-0.4, -0.2) is 40.0 Å². The fourth-order valence-electron chi connectivity index (χ4n) is 2.89. The lowest BCUT2D eigenvalue weighted by atomic mass is 9.94. The molecule has 1 aromatic heterocycles. The number of likely N-dealkylation sites (N-methyl/N-ethyl adjacent to an activating group) is 1. The van der Waals surface area contributed by atoms with Crippen molar-refractivity contribution in [1.82, 2.24) is 14.9 Å². The van der Waals surface area contributed by atoms with E-state index >= 15 is 0 Å². The van der Waals surface area contributed by atoms with E-state index in [0.717, 1.165) is 36.0 Å². The average Bonchev–Trinajstić information content (AvgIpc) is 2.54. The number of hydrogen-bond donors (Lipinski definition) is 0. The second-order valence-electron chi connectivity index (χ2n) is 6.05. The highest BCUT2D eigenvalue weighted by Crippen LogP contribution is 2.26. The number of aromatic nitrogens is 2. The van der Waals surface area contributed by atoms with E-state index in [1.54, 1.807) is 18.1 Å². The van der Waals surface area contributed by atoms with Crippen molar-refractivity contribution in [2.45, 2.75) is 38.3 Å². The van der Waals surface area contributed by atoms with Crippen LogP contribution >= 0.6 is 0 Å². The van der Waals surface area contributed by atoms with Crippen molar-refractivity contribution in [2.24, 2.45) is 0 Å². The summed E-state index contributed by atoms with van der Waals surface area (Å²) in [6, 6.07) is 7.73. The van der Waals surface area contributed by atoms with E-state index in [-0.39, 0.29) is 5.91 Å². The van der Waals surface area contributed by atoms with Crippen LogP contribution in [0.3, 0.4) is 0 Å². The maximum atomic E-state index is 12.6. The van der Waals surface area contributed by atoms with Crippen LogP contribution in [0, 0.1) is 0 Å². The molecule has 2 aromatic rings. The van der Waals surface area contributed by atoms with Gasteiger partial charge in [-0.25, -0.2) is 4.98 Å². The molecule has 116 valence electrons. The lowest BCUT2D eigenvalue weighted by molar-refractivity contribution is -0.161. The summed E-state index contributed by atoms with van der Waals surface area (Å²) in [7, 11) is 1.79. The summed E-state index contributed by atoms with van der Waals surface area (Å²) in [6.07, 6.45) is 4.57. The Balaban J connectivity index is 1.74. The van der Waals surface area contributed by atoms with Gasteiger partial charge in [0.2, 0.25) is 0 Å². The molecular formula is C17H21N3O2. The summed E-state index contributed by atoms with van der Waals surface area (Å²) in [5, 5.41) is 0.